The van der Waals surface area contributed by atoms with E-state index in [0.717, 1.165) is 58.4 Å². The van der Waals surface area contributed by atoms with Gasteiger partial charge in [-0.2, -0.15) is 5.10 Å². The number of fused-ring (bicyclic) bond motifs is 1. The maximum absolute atomic E-state index is 6.53. The highest BCUT2D eigenvalue weighted by Crippen LogP contribution is 2.39. The number of anilines is 1. The van der Waals surface area contributed by atoms with Crippen LogP contribution in [0.5, 0.6) is 5.75 Å². The normalized spacial score (nSPS) is 14.9. The number of thiazole rings is 1. The summed E-state index contributed by atoms with van der Waals surface area (Å²) in [6, 6.07) is 9.25. The molecule has 10 nitrogen and oxygen atoms in total. The van der Waals surface area contributed by atoms with Crippen LogP contribution in [0.25, 0.3) is 21.5 Å². The molecule has 0 aliphatic carbocycles. The summed E-state index contributed by atoms with van der Waals surface area (Å²) in [5.74, 6) is 13.1. The molecule has 0 saturated carbocycles. The Kier molecular flexibility index (Phi) is 8.15. The van der Waals surface area contributed by atoms with Gasteiger partial charge in [0, 0.05) is 55.3 Å². The van der Waals surface area contributed by atoms with Gasteiger partial charge >= 0.3 is 0 Å². The van der Waals surface area contributed by atoms with Gasteiger partial charge in [0.1, 0.15) is 22.7 Å². The first-order valence-electron chi connectivity index (χ1n) is 12.5. The molecule has 1 fully saturated rings. The van der Waals surface area contributed by atoms with Crippen LogP contribution in [0.4, 0.5) is 5.13 Å². The van der Waals surface area contributed by atoms with E-state index < -0.39 is 0 Å². The largest absolute Gasteiger partial charge is 0.494 e. The van der Waals surface area contributed by atoms with Gasteiger partial charge in [0.15, 0.2) is 11.0 Å². The molecule has 1 aliphatic rings. The van der Waals surface area contributed by atoms with Crippen LogP contribution >= 0.6 is 34.5 Å². The number of nitrogens with one attached hydrogen (secondary N) is 1. The average molecular weight is 590 g/mol. The number of piperazine rings is 1. The lowest BCUT2D eigenvalue weighted by Gasteiger charge is -2.34. The second kappa shape index (κ2) is 11.6. The van der Waals surface area contributed by atoms with Crippen LogP contribution in [-0.4, -0.2) is 54.2 Å². The molecule has 0 unspecified atom stereocenters. The molecule has 5 rings (SSSR count). The third-order valence-electron chi connectivity index (χ3n) is 6.77. The number of halogens is 2. The van der Waals surface area contributed by atoms with Crippen LogP contribution in [-0.2, 0) is 6.54 Å². The fourth-order valence-corrected chi connectivity index (χ4v) is 6.43. The number of methoxy groups -OCH3 is 1. The molecular weight excluding hydrogens is 559 g/mol. The zero-order valence-electron chi connectivity index (χ0n) is 21.9. The number of aromatic nitrogens is 2. The maximum atomic E-state index is 6.53. The Balaban J connectivity index is 1.36. The van der Waals surface area contributed by atoms with E-state index in [9.17, 15) is 0 Å². The summed E-state index contributed by atoms with van der Waals surface area (Å²) in [5, 5.41) is 10.2. The number of ether oxygens (including phenoxy) is 1. The Morgan fingerprint density at radius 1 is 1.21 bits per heavy atom. The summed E-state index contributed by atoms with van der Waals surface area (Å²) >= 11 is 14.7. The van der Waals surface area contributed by atoms with Gasteiger partial charge in [-0.1, -0.05) is 59.6 Å². The Morgan fingerprint density at radius 3 is 2.54 bits per heavy atom. The molecule has 3 heterocycles. The third kappa shape index (κ3) is 5.37. The topological polar surface area (TPSA) is 131 Å². The van der Waals surface area contributed by atoms with Gasteiger partial charge in [0.25, 0.3) is 0 Å². The molecular formula is C26H30Cl2N8O2S. The first-order valence-corrected chi connectivity index (χ1v) is 14.0. The van der Waals surface area contributed by atoms with Crippen molar-refractivity contribution in [3.8, 4) is 17.0 Å². The first kappa shape index (κ1) is 27.5. The third-order valence-corrected chi connectivity index (χ3v) is 8.47. The minimum absolute atomic E-state index is 0.172. The van der Waals surface area contributed by atoms with Crippen LogP contribution in [0.3, 0.4) is 0 Å². The maximum Gasteiger partial charge on any atom is 0.186 e. The monoisotopic (exact) mass is 588 g/mol. The number of nitrogens with two attached hydrogens (primary N) is 2. The number of hydrogen-bond donors (Lipinski definition) is 3. The van der Waals surface area contributed by atoms with Crippen molar-refractivity contribution in [3.05, 3.63) is 57.3 Å². The van der Waals surface area contributed by atoms with Gasteiger partial charge in [-0.3, -0.25) is 4.90 Å². The highest BCUT2D eigenvalue weighted by Gasteiger charge is 2.27. The van der Waals surface area contributed by atoms with Crippen molar-refractivity contribution in [3.63, 3.8) is 0 Å². The molecule has 0 atom stereocenters. The van der Waals surface area contributed by atoms with Gasteiger partial charge in [-0.15, -0.1) is 0 Å². The fourth-order valence-electron chi connectivity index (χ4n) is 4.78. The molecule has 206 valence electrons. The molecule has 2 aromatic heterocycles. The first-order chi connectivity index (χ1) is 18.8. The molecule has 2 aromatic carbocycles. The van der Waals surface area contributed by atoms with Crippen molar-refractivity contribution in [1.29, 1.82) is 0 Å². The Morgan fingerprint density at radius 2 is 1.92 bits per heavy atom. The summed E-state index contributed by atoms with van der Waals surface area (Å²) in [6.45, 7) is 8.21. The molecule has 0 spiro atoms. The predicted octanol–water partition coefficient (Wildman–Crippen LogP) is 4.80. The van der Waals surface area contributed by atoms with Gasteiger partial charge in [-0.05, 0) is 24.3 Å². The van der Waals surface area contributed by atoms with E-state index in [4.69, 9.17) is 49.1 Å². The predicted molar refractivity (Wildman–Crippen MR) is 158 cm³/mol. The zero-order chi connectivity index (χ0) is 27.7. The molecule has 4 aromatic rings. The zero-order valence-corrected chi connectivity index (χ0v) is 24.2. The van der Waals surface area contributed by atoms with E-state index in [1.165, 1.54) is 0 Å². The molecule has 13 heteroatoms. The summed E-state index contributed by atoms with van der Waals surface area (Å²) in [4.78, 5) is 9.58. The minimum atomic E-state index is 0.172. The molecule has 1 saturated heterocycles. The quantitative estimate of drug-likeness (QED) is 0.120. The molecule has 39 heavy (non-hydrogen) atoms. The Bertz CT molecular complexity index is 1490. The summed E-state index contributed by atoms with van der Waals surface area (Å²) < 4.78 is 12.4. The lowest BCUT2D eigenvalue weighted by molar-refractivity contribution is 0.247. The standard InChI is InChI=1S/C26H30Cl2N8O2S/c1-14(2)24-16(22(34-38-24)21-17(27)5-4-6-18(21)28)13-35-7-9-36(10-8-35)26-31-23-19(37-3)11-15(12-20(23)39-26)25(32-29)33-30/h4-6,11-12,14H,7-10,13,29-30H2,1-3H3,(H,32,33). The average Bonchev–Trinajstić information content (AvgIpc) is 3.54. The van der Waals surface area contributed by atoms with Crippen molar-refractivity contribution in [2.45, 2.75) is 26.3 Å². The number of benzene rings is 2. The van der Waals surface area contributed by atoms with Crippen molar-refractivity contribution in [2.75, 3.05) is 38.2 Å². The van der Waals surface area contributed by atoms with E-state index in [1.54, 1.807) is 18.4 Å². The Hall–Kier alpha value is -3.09. The summed E-state index contributed by atoms with van der Waals surface area (Å²) in [6.07, 6.45) is 0. The lowest BCUT2D eigenvalue weighted by Crippen LogP contribution is -2.46. The van der Waals surface area contributed by atoms with Crippen LogP contribution in [0, 0.1) is 0 Å². The SMILES string of the molecule is COc1cc(/C(=N/N)NN)cc2sc(N3CCN(Cc4c(-c5c(Cl)cccc5Cl)noc4C(C)C)CC3)nc12. The van der Waals surface area contributed by atoms with Crippen molar-refractivity contribution in [2.24, 2.45) is 16.8 Å². The number of amidine groups is 1. The number of hydrazone groups is 1. The lowest BCUT2D eigenvalue weighted by atomic mass is 10.00. The summed E-state index contributed by atoms with van der Waals surface area (Å²) in [7, 11) is 1.62. The summed E-state index contributed by atoms with van der Waals surface area (Å²) in [5.41, 5.74) is 6.49. The number of hydrazine groups is 1. The fraction of sp³-hybridized carbons (Fsp3) is 0.346. The molecule has 0 bridgehead atoms. The van der Waals surface area contributed by atoms with Crippen LogP contribution in [0.1, 0.15) is 36.7 Å². The van der Waals surface area contributed by atoms with E-state index >= 15 is 0 Å². The van der Waals surface area contributed by atoms with Crippen LogP contribution in [0.15, 0.2) is 40.0 Å². The van der Waals surface area contributed by atoms with E-state index in [2.05, 4.69) is 39.3 Å². The Labute approximate surface area is 240 Å². The van der Waals surface area contributed by atoms with Gasteiger partial charge in [-0.25, -0.2) is 10.8 Å². The molecule has 0 radical (unpaired) electrons. The van der Waals surface area contributed by atoms with Gasteiger partial charge in [0.05, 0.1) is 21.9 Å². The number of rotatable bonds is 7. The second-order valence-corrected chi connectivity index (χ2v) is 11.4. The van der Waals surface area contributed by atoms with Crippen molar-refractivity contribution < 1.29 is 9.26 Å². The molecule has 5 N–H and O–H groups in total. The second-order valence-electron chi connectivity index (χ2n) is 9.53. The molecule has 0 amide bonds. The van der Waals surface area contributed by atoms with Gasteiger partial charge < -0.3 is 25.4 Å². The van der Waals surface area contributed by atoms with Crippen molar-refractivity contribution in [1.82, 2.24) is 20.5 Å². The highest BCUT2D eigenvalue weighted by molar-refractivity contribution is 7.22. The minimum Gasteiger partial charge on any atom is -0.494 e. The van der Waals surface area contributed by atoms with Crippen molar-refractivity contribution >= 4 is 55.7 Å². The van der Waals surface area contributed by atoms with Crippen LogP contribution < -0.4 is 26.7 Å². The number of nitrogens with zero attached hydrogens (tertiary/aromatic N) is 5. The highest BCUT2D eigenvalue weighted by atomic mass is 35.5. The van der Waals surface area contributed by atoms with Gasteiger partial charge in [0.2, 0.25) is 0 Å². The van der Waals surface area contributed by atoms with Crippen LogP contribution in [0.2, 0.25) is 10.0 Å². The molecule has 1 aliphatic heterocycles. The number of hydrogen-bond acceptors (Lipinski definition) is 10. The van der Waals surface area contributed by atoms with E-state index in [1.807, 2.05) is 30.3 Å². The van der Waals surface area contributed by atoms with E-state index in [-0.39, 0.29) is 5.92 Å². The van der Waals surface area contributed by atoms with E-state index in [0.29, 0.717) is 39.4 Å². The smallest absolute Gasteiger partial charge is 0.186 e.